The molecule has 136 valence electrons. The van der Waals surface area contributed by atoms with E-state index < -0.39 is 0 Å². The summed E-state index contributed by atoms with van der Waals surface area (Å²) in [5.41, 5.74) is 3.80. The van der Waals surface area contributed by atoms with E-state index >= 15 is 0 Å². The van der Waals surface area contributed by atoms with Gasteiger partial charge in [-0.25, -0.2) is 4.98 Å². The third-order valence-electron chi connectivity index (χ3n) is 5.07. The number of nitriles is 1. The van der Waals surface area contributed by atoms with Crippen molar-refractivity contribution in [2.24, 2.45) is 0 Å². The number of pyridine rings is 1. The first kappa shape index (κ1) is 17.7. The van der Waals surface area contributed by atoms with E-state index in [0.29, 0.717) is 34.0 Å². The first-order chi connectivity index (χ1) is 13.2. The number of thioether (sulfide) groups is 1. The van der Waals surface area contributed by atoms with Gasteiger partial charge in [0.2, 0.25) is 0 Å². The van der Waals surface area contributed by atoms with Gasteiger partial charge in [-0.1, -0.05) is 18.6 Å². The first-order valence-corrected chi connectivity index (χ1v) is 10.2. The number of aromatic nitrogens is 1. The maximum atomic E-state index is 12.4. The molecular weight excluding hydrogens is 358 g/mol. The Hall–Kier alpha value is -2.65. The molecule has 1 aliphatic heterocycles. The van der Waals surface area contributed by atoms with Crippen LogP contribution in [-0.2, 0) is 12.8 Å². The van der Waals surface area contributed by atoms with Gasteiger partial charge in [-0.3, -0.25) is 14.5 Å². The van der Waals surface area contributed by atoms with Crippen LogP contribution in [0.3, 0.4) is 0 Å². The molecule has 4 rings (SSSR count). The molecule has 6 heteroatoms. The monoisotopic (exact) mass is 377 g/mol. The van der Waals surface area contributed by atoms with Crippen molar-refractivity contribution in [2.75, 3.05) is 12.3 Å². The number of amides is 2. The molecule has 0 saturated heterocycles. The quantitative estimate of drug-likeness (QED) is 0.462. The summed E-state index contributed by atoms with van der Waals surface area (Å²) < 4.78 is 0. The van der Waals surface area contributed by atoms with E-state index in [-0.39, 0.29) is 11.8 Å². The second-order valence-corrected chi connectivity index (χ2v) is 7.86. The molecule has 0 spiro atoms. The summed E-state index contributed by atoms with van der Waals surface area (Å²) in [5, 5.41) is 10.2. The Balaban J connectivity index is 1.47. The minimum Gasteiger partial charge on any atom is -0.273 e. The molecule has 0 bridgehead atoms. The number of aryl methyl sites for hydroxylation is 2. The molecule has 2 amide bonds. The van der Waals surface area contributed by atoms with Crippen LogP contribution >= 0.6 is 11.8 Å². The molecule has 27 heavy (non-hydrogen) atoms. The fraction of sp³-hybridized carbons (Fsp3) is 0.333. The van der Waals surface area contributed by atoms with Gasteiger partial charge >= 0.3 is 0 Å². The van der Waals surface area contributed by atoms with Crippen LogP contribution in [0.25, 0.3) is 0 Å². The van der Waals surface area contributed by atoms with Crippen molar-refractivity contribution in [1.29, 1.82) is 5.26 Å². The second-order valence-electron chi connectivity index (χ2n) is 6.78. The first-order valence-electron chi connectivity index (χ1n) is 9.20. The van der Waals surface area contributed by atoms with Crippen molar-refractivity contribution in [2.45, 2.75) is 37.1 Å². The summed E-state index contributed by atoms with van der Waals surface area (Å²) in [6.45, 7) is 0.306. The van der Waals surface area contributed by atoms with Crippen LogP contribution in [0.4, 0.5) is 0 Å². The van der Waals surface area contributed by atoms with Crippen LogP contribution in [0.2, 0.25) is 0 Å². The summed E-state index contributed by atoms with van der Waals surface area (Å²) >= 11 is 1.44. The number of carbonyl (C=O) groups excluding carboxylic acids is 2. The third kappa shape index (κ3) is 3.35. The lowest BCUT2D eigenvalue weighted by molar-refractivity contribution is 0.0664. The number of nitrogens with zero attached hydrogens (tertiary/aromatic N) is 3. The van der Waals surface area contributed by atoms with E-state index in [0.717, 1.165) is 31.4 Å². The standard InChI is InChI=1S/C21H19N3O2S/c22-13-15-12-14-6-2-1-3-9-18(14)23-19(15)27-11-10-24-20(25)16-7-4-5-8-17(16)21(24)26/h4-5,7-8,12H,1-3,6,9-11H2. The molecule has 0 unspecified atom stereocenters. The zero-order valence-electron chi connectivity index (χ0n) is 14.9. The molecule has 2 aliphatic rings. The average Bonchev–Trinajstić information content (AvgIpc) is 2.84. The highest BCUT2D eigenvalue weighted by atomic mass is 32.2. The van der Waals surface area contributed by atoms with Crippen molar-refractivity contribution < 1.29 is 9.59 Å². The van der Waals surface area contributed by atoms with Crippen molar-refractivity contribution in [1.82, 2.24) is 9.88 Å². The lowest BCUT2D eigenvalue weighted by Crippen LogP contribution is -2.31. The highest BCUT2D eigenvalue weighted by Crippen LogP contribution is 2.28. The van der Waals surface area contributed by atoms with Crippen LogP contribution in [0, 0.1) is 11.3 Å². The Morgan fingerprint density at radius 2 is 1.78 bits per heavy atom. The Bertz CT molecular complexity index is 929. The van der Waals surface area contributed by atoms with Crippen LogP contribution in [0.1, 0.15) is 56.8 Å². The zero-order valence-corrected chi connectivity index (χ0v) is 15.7. The molecule has 0 fully saturated rings. The number of fused-ring (bicyclic) bond motifs is 2. The number of carbonyl (C=O) groups is 2. The van der Waals surface area contributed by atoms with Crippen LogP contribution in [0.15, 0.2) is 35.4 Å². The summed E-state index contributed by atoms with van der Waals surface area (Å²) in [5.74, 6) is 0.0320. The highest BCUT2D eigenvalue weighted by Gasteiger charge is 2.34. The lowest BCUT2D eigenvalue weighted by Gasteiger charge is -2.14. The van der Waals surface area contributed by atoms with Gasteiger partial charge in [0, 0.05) is 18.0 Å². The molecular formula is C21H19N3O2S. The molecule has 1 aromatic heterocycles. The van der Waals surface area contributed by atoms with Gasteiger partial charge in [0.1, 0.15) is 11.1 Å². The maximum Gasteiger partial charge on any atom is 0.261 e. The van der Waals surface area contributed by atoms with Gasteiger partial charge in [0.25, 0.3) is 11.8 Å². The number of imide groups is 1. The molecule has 0 saturated carbocycles. The normalized spacial score (nSPS) is 15.9. The van der Waals surface area contributed by atoms with Crippen molar-refractivity contribution in [3.8, 4) is 6.07 Å². The molecule has 2 heterocycles. The molecule has 2 aromatic rings. The zero-order chi connectivity index (χ0) is 18.8. The van der Waals surface area contributed by atoms with Crippen LogP contribution < -0.4 is 0 Å². The van der Waals surface area contributed by atoms with Gasteiger partial charge in [-0.15, -0.1) is 11.8 Å². The summed E-state index contributed by atoms with van der Waals surface area (Å²) in [6, 6.07) is 11.1. The van der Waals surface area contributed by atoms with E-state index in [9.17, 15) is 14.9 Å². The molecule has 0 atom stereocenters. The van der Waals surface area contributed by atoms with Crippen LogP contribution in [-0.4, -0.2) is 34.0 Å². The Labute approximate surface area is 162 Å². The predicted molar refractivity (Wildman–Crippen MR) is 103 cm³/mol. The second kappa shape index (κ2) is 7.53. The molecule has 0 radical (unpaired) electrons. The van der Waals surface area contributed by atoms with Gasteiger partial charge in [-0.2, -0.15) is 5.26 Å². The summed E-state index contributed by atoms with van der Waals surface area (Å²) in [6.07, 6.45) is 5.40. The number of hydrogen-bond donors (Lipinski definition) is 0. The molecule has 5 nitrogen and oxygen atoms in total. The van der Waals surface area contributed by atoms with E-state index in [1.165, 1.54) is 28.6 Å². The largest absolute Gasteiger partial charge is 0.273 e. The molecule has 1 aliphatic carbocycles. The van der Waals surface area contributed by atoms with E-state index in [2.05, 4.69) is 6.07 Å². The number of benzene rings is 1. The van der Waals surface area contributed by atoms with E-state index in [1.54, 1.807) is 24.3 Å². The average molecular weight is 377 g/mol. The van der Waals surface area contributed by atoms with Crippen molar-refractivity contribution in [3.05, 3.63) is 58.3 Å². The number of hydrogen-bond acceptors (Lipinski definition) is 5. The Morgan fingerprint density at radius 3 is 2.48 bits per heavy atom. The fourth-order valence-corrected chi connectivity index (χ4v) is 4.56. The SMILES string of the molecule is N#Cc1cc2c(nc1SCCN1C(=O)c3ccccc3C1=O)CCCCC2. The maximum absolute atomic E-state index is 12.4. The van der Waals surface area contributed by atoms with Gasteiger partial charge in [0.15, 0.2) is 0 Å². The summed E-state index contributed by atoms with van der Waals surface area (Å²) in [4.78, 5) is 30.9. The summed E-state index contributed by atoms with van der Waals surface area (Å²) in [7, 11) is 0. The smallest absolute Gasteiger partial charge is 0.261 e. The minimum absolute atomic E-state index is 0.244. The van der Waals surface area contributed by atoms with Crippen LogP contribution in [0.5, 0.6) is 0 Å². The van der Waals surface area contributed by atoms with Gasteiger partial charge < -0.3 is 0 Å². The lowest BCUT2D eigenvalue weighted by atomic mass is 10.1. The highest BCUT2D eigenvalue weighted by molar-refractivity contribution is 7.99. The third-order valence-corrected chi connectivity index (χ3v) is 6.04. The van der Waals surface area contributed by atoms with E-state index in [1.807, 2.05) is 6.07 Å². The predicted octanol–water partition coefficient (Wildman–Crippen LogP) is 3.61. The van der Waals surface area contributed by atoms with Gasteiger partial charge in [0.05, 0.1) is 16.7 Å². The van der Waals surface area contributed by atoms with Gasteiger partial charge in [-0.05, 0) is 49.4 Å². The van der Waals surface area contributed by atoms with Crippen molar-refractivity contribution >= 4 is 23.6 Å². The van der Waals surface area contributed by atoms with Crippen molar-refractivity contribution in [3.63, 3.8) is 0 Å². The Morgan fingerprint density at radius 1 is 1.07 bits per heavy atom. The Kier molecular flexibility index (Phi) is 4.95. The molecule has 1 aromatic carbocycles. The molecule has 0 N–H and O–H groups in total. The fourth-order valence-electron chi connectivity index (χ4n) is 3.66. The minimum atomic E-state index is -0.244. The topological polar surface area (TPSA) is 74.1 Å². The number of rotatable bonds is 4. The van der Waals surface area contributed by atoms with E-state index in [4.69, 9.17) is 4.98 Å².